The number of halogens is 2. The number of urea groups is 1. The summed E-state index contributed by atoms with van der Waals surface area (Å²) in [5.74, 6) is -4.17. The monoisotopic (exact) mass is 536 g/mol. The average molecular weight is 536 g/mol. The summed E-state index contributed by atoms with van der Waals surface area (Å²) < 4.78 is 50.8. The van der Waals surface area contributed by atoms with Gasteiger partial charge < -0.3 is 39.8 Å². The Hall–Kier alpha value is -4.59. The van der Waals surface area contributed by atoms with Crippen LogP contribution in [0.25, 0.3) is 0 Å². The number of carbonyl (C=O) groups excluding carboxylic acids is 1. The molecule has 2 heterocycles. The van der Waals surface area contributed by atoms with Crippen molar-refractivity contribution in [2.24, 2.45) is 0 Å². The van der Waals surface area contributed by atoms with Gasteiger partial charge in [0.05, 0.1) is 24.0 Å². The Morgan fingerprint density at radius 2 is 1.73 bits per heavy atom. The summed E-state index contributed by atoms with van der Waals surface area (Å²) in [6.45, 7) is 0.174. The van der Waals surface area contributed by atoms with E-state index in [9.17, 15) is 28.3 Å². The van der Waals surface area contributed by atoms with E-state index in [0.29, 0.717) is 23.7 Å². The first-order chi connectivity index (χ1) is 17.7. The highest BCUT2D eigenvalue weighted by Crippen LogP contribution is 2.38. The van der Waals surface area contributed by atoms with E-state index in [1.807, 2.05) is 0 Å². The number of rotatable bonds is 8. The highest BCUT2D eigenvalue weighted by Gasteiger charge is 2.25. The van der Waals surface area contributed by atoms with E-state index in [2.05, 4.69) is 10.6 Å². The van der Waals surface area contributed by atoms with Crippen molar-refractivity contribution in [2.45, 2.75) is 6.61 Å². The smallest absolute Gasteiger partial charge is 0.346 e. The van der Waals surface area contributed by atoms with E-state index in [1.165, 1.54) is 19.2 Å². The molecule has 0 saturated heterocycles. The summed E-state index contributed by atoms with van der Waals surface area (Å²) in [5, 5.41) is 24.0. The molecule has 1 aromatic heterocycles. The van der Waals surface area contributed by atoms with Gasteiger partial charge in [0.1, 0.15) is 36.1 Å². The van der Waals surface area contributed by atoms with Crippen molar-refractivity contribution >= 4 is 40.7 Å². The molecule has 3 aromatic rings. The van der Waals surface area contributed by atoms with Gasteiger partial charge in [0.2, 0.25) is 0 Å². The minimum atomic E-state index is -1.56. The summed E-state index contributed by atoms with van der Waals surface area (Å²) in [6.07, 6.45) is 0. The second-order valence-electron chi connectivity index (χ2n) is 7.36. The van der Waals surface area contributed by atoms with Crippen LogP contribution in [0.3, 0.4) is 0 Å². The lowest BCUT2D eigenvalue weighted by Gasteiger charge is -2.22. The summed E-state index contributed by atoms with van der Waals surface area (Å²) in [7, 11) is 1.26. The second kappa shape index (κ2) is 10.6. The number of ether oxygens (including phenoxy) is 4. The zero-order chi connectivity index (χ0) is 26.7. The van der Waals surface area contributed by atoms with Gasteiger partial charge in [0.15, 0.2) is 28.8 Å². The molecule has 0 atom stereocenters. The maximum absolute atomic E-state index is 14.6. The lowest BCUT2D eigenvalue weighted by Crippen LogP contribution is -2.21. The number of hydrogen-bond donors (Lipinski definition) is 4. The second-order valence-corrected chi connectivity index (χ2v) is 8.24. The average Bonchev–Trinajstić information content (AvgIpc) is 3.29. The van der Waals surface area contributed by atoms with E-state index >= 15 is 0 Å². The number of benzene rings is 2. The van der Waals surface area contributed by atoms with Gasteiger partial charge in [0.25, 0.3) is 0 Å². The molecule has 0 radical (unpaired) electrons. The van der Waals surface area contributed by atoms with Crippen molar-refractivity contribution in [2.75, 3.05) is 31.0 Å². The maximum Gasteiger partial charge on any atom is 0.346 e. The van der Waals surface area contributed by atoms with Gasteiger partial charge in [-0.1, -0.05) is 0 Å². The Labute approximate surface area is 211 Å². The summed E-state index contributed by atoms with van der Waals surface area (Å²) >= 11 is 0.603. The van der Waals surface area contributed by atoms with Crippen LogP contribution in [0.15, 0.2) is 29.6 Å². The molecule has 0 bridgehead atoms. The predicted molar refractivity (Wildman–Crippen MR) is 126 cm³/mol. The normalized spacial score (nSPS) is 12.0. The number of carboxylic acids is 2. The quantitative estimate of drug-likeness (QED) is 0.328. The maximum atomic E-state index is 14.6. The first-order valence-corrected chi connectivity index (χ1v) is 11.3. The van der Waals surface area contributed by atoms with Crippen LogP contribution in [-0.4, -0.2) is 48.5 Å². The van der Waals surface area contributed by atoms with Crippen LogP contribution < -0.4 is 29.6 Å². The number of hydrogen-bond acceptors (Lipinski definition) is 8. The van der Waals surface area contributed by atoms with E-state index in [4.69, 9.17) is 24.1 Å². The molecular weight excluding hydrogens is 518 g/mol. The molecule has 0 saturated carbocycles. The minimum Gasteiger partial charge on any atom is -0.493 e. The Morgan fingerprint density at radius 1 is 1.00 bits per heavy atom. The zero-order valence-electron chi connectivity index (χ0n) is 18.9. The standard InChI is InChI=1S/C23H18F2N2O9S/c1-33-16-6-12(25)13(26-23(32)27-14-9-37-20(22(30)31)18(14)21(28)29)7-17(16)36-8-10-11(24)2-3-15-19(10)35-5-4-34-15/h2-3,6-7,9H,4-5,8H2,1H3,(H,28,29)(H,30,31)(H2,26,27,32). The van der Waals surface area contributed by atoms with Crippen LogP contribution >= 0.6 is 11.3 Å². The Morgan fingerprint density at radius 3 is 2.43 bits per heavy atom. The van der Waals surface area contributed by atoms with Crippen molar-refractivity contribution < 1.29 is 52.3 Å². The SMILES string of the molecule is COc1cc(F)c(NC(=O)Nc2csc(C(=O)O)c2C(=O)O)cc1OCc1c(F)ccc2c1OCCO2. The molecule has 11 nitrogen and oxygen atoms in total. The highest BCUT2D eigenvalue weighted by molar-refractivity contribution is 7.13. The van der Waals surface area contributed by atoms with Crippen LogP contribution in [0.1, 0.15) is 25.6 Å². The number of amides is 2. The lowest BCUT2D eigenvalue weighted by atomic mass is 10.1. The molecule has 2 amide bonds. The number of thiophene rings is 1. The molecule has 0 unspecified atom stereocenters. The minimum absolute atomic E-state index is 0.0528. The number of nitrogens with one attached hydrogen (secondary N) is 2. The summed E-state index contributed by atoms with van der Waals surface area (Å²) in [5.41, 5.74) is -1.23. The number of aromatic carboxylic acids is 2. The number of carboxylic acid groups (broad SMARTS) is 2. The van der Waals surface area contributed by atoms with Gasteiger partial charge in [-0.2, -0.15) is 0 Å². The van der Waals surface area contributed by atoms with Gasteiger partial charge in [0, 0.05) is 17.5 Å². The van der Waals surface area contributed by atoms with Crippen molar-refractivity contribution in [3.63, 3.8) is 0 Å². The van der Waals surface area contributed by atoms with Crippen LogP contribution in [0, 0.1) is 11.6 Å². The molecule has 2 aromatic carbocycles. The van der Waals surface area contributed by atoms with Crippen LogP contribution in [-0.2, 0) is 6.61 Å². The fourth-order valence-corrected chi connectivity index (χ4v) is 4.26. The Kier molecular flexibility index (Phi) is 7.29. The molecule has 0 spiro atoms. The van der Waals surface area contributed by atoms with Crippen LogP contribution in [0.2, 0.25) is 0 Å². The third kappa shape index (κ3) is 5.33. The summed E-state index contributed by atoms with van der Waals surface area (Å²) in [4.78, 5) is 34.7. The van der Waals surface area contributed by atoms with E-state index in [1.54, 1.807) is 0 Å². The highest BCUT2D eigenvalue weighted by atomic mass is 32.1. The van der Waals surface area contributed by atoms with Crippen LogP contribution in [0.5, 0.6) is 23.0 Å². The number of carbonyl (C=O) groups is 3. The fraction of sp³-hybridized carbons (Fsp3) is 0.174. The Bertz CT molecular complexity index is 1390. The molecule has 1 aliphatic heterocycles. The molecule has 14 heteroatoms. The summed E-state index contributed by atoms with van der Waals surface area (Å²) in [6, 6.07) is 3.58. The largest absolute Gasteiger partial charge is 0.493 e. The predicted octanol–water partition coefficient (Wildman–Crippen LogP) is 4.43. The Balaban J connectivity index is 1.55. The third-order valence-corrected chi connectivity index (χ3v) is 6.04. The molecular formula is C23H18F2N2O9S. The zero-order valence-corrected chi connectivity index (χ0v) is 19.7. The topological polar surface area (TPSA) is 153 Å². The van der Waals surface area contributed by atoms with Gasteiger partial charge in [-0.25, -0.2) is 23.2 Å². The van der Waals surface area contributed by atoms with Gasteiger partial charge >= 0.3 is 18.0 Å². The van der Waals surface area contributed by atoms with Crippen molar-refractivity contribution in [3.05, 3.63) is 57.3 Å². The fourth-order valence-electron chi connectivity index (χ4n) is 3.43. The first-order valence-electron chi connectivity index (χ1n) is 10.4. The molecule has 194 valence electrons. The molecule has 4 rings (SSSR count). The molecule has 4 N–H and O–H groups in total. The molecule has 0 aliphatic carbocycles. The number of fused-ring (bicyclic) bond motifs is 1. The lowest BCUT2D eigenvalue weighted by molar-refractivity contribution is 0.0657. The van der Waals surface area contributed by atoms with Crippen molar-refractivity contribution in [1.82, 2.24) is 0 Å². The molecule has 1 aliphatic rings. The van der Waals surface area contributed by atoms with Crippen LogP contribution in [0.4, 0.5) is 25.0 Å². The van der Waals surface area contributed by atoms with Gasteiger partial charge in [-0.05, 0) is 12.1 Å². The molecule has 37 heavy (non-hydrogen) atoms. The molecule has 0 fully saturated rings. The van der Waals surface area contributed by atoms with Gasteiger partial charge in [-0.3, -0.25) is 0 Å². The van der Waals surface area contributed by atoms with Crippen molar-refractivity contribution in [1.29, 1.82) is 0 Å². The van der Waals surface area contributed by atoms with Gasteiger partial charge in [-0.15, -0.1) is 11.3 Å². The van der Waals surface area contributed by atoms with E-state index in [0.717, 1.165) is 17.5 Å². The van der Waals surface area contributed by atoms with E-state index in [-0.39, 0.29) is 47.4 Å². The van der Waals surface area contributed by atoms with E-state index < -0.39 is 40.0 Å². The first kappa shape index (κ1) is 25.5. The number of anilines is 2. The third-order valence-electron chi connectivity index (χ3n) is 5.08. The van der Waals surface area contributed by atoms with Crippen molar-refractivity contribution in [3.8, 4) is 23.0 Å². The number of methoxy groups -OCH3 is 1.